The van der Waals surface area contributed by atoms with Crippen LogP contribution in [0.1, 0.15) is 52.4 Å². The Hall–Kier alpha value is -1.92. The minimum atomic E-state index is 0.0640. The minimum Gasteiger partial charge on any atom is -0.326 e. The quantitative estimate of drug-likeness (QED) is 0.809. The Morgan fingerprint density at radius 1 is 1.15 bits per heavy atom. The number of nitrogens with zero attached hydrogens (tertiary/aromatic N) is 4. The van der Waals surface area contributed by atoms with Gasteiger partial charge < -0.3 is 14.8 Å². The lowest BCUT2D eigenvalue weighted by Gasteiger charge is -2.34. The van der Waals surface area contributed by atoms with Gasteiger partial charge in [0.1, 0.15) is 5.82 Å². The fourth-order valence-corrected chi connectivity index (χ4v) is 3.83. The Morgan fingerprint density at radius 3 is 2.48 bits per heavy atom. The van der Waals surface area contributed by atoms with E-state index in [2.05, 4.69) is 46.5 Å². The summed E-state index contributed by atoms with van der Waals surface area (Å²) in [5.74, 6) is 1.18. The third-order valence-electron chi connectivity index (χ3n) is 5.32. The minimum absolute atomic E-state index is 0.0640. The summed E-state index contributed by atoms with van der Waals surface area (Å²) < 4.78 is 2.33. The van der Waals surface area contributed by atoms with Crippen LogP contribution in [0.3, 0.4) is 0 Å². The highest BCUT2D eigenvalue weighted by Gasteiger charge is 2.20. The molecule has 0 aliphatic carbocycles. The molecule has 1 aromatic heterocycles. The van der Waals surface area contributed by atoms with Crippen molar-refractivity contribution in [1.29, 1.82) is 0 Å². The lowest BCUT2D eigenvalue weighted by atomic mass is 10.2. The summed E-state index contributed by atoms with van der Waals surface area (Å²) in [4.78, 5) is 21.8. The van der Waals surface area contributed by atoms with Gasteiger partial charge in [0.05, 0.1) is 17.6 Å². The molecule has 2 aromatic rings. The summed E-state index contributed by atoms with van der Waals surface area (Å²) in [6.07, 6.45) is 1.40. The molecule has 1 aromatic carbocycles. The van der Waals surface area contributed by atoms with E-state index in [1.54, 1.807) is 0 Å². The molecule has 1 N–H and O–H groups in total. The number of nitrogens with one attached hydrogen (secondary N) is 1. The van der Waals surface area contributed by atoms with Crippen molar-refractivity contribution >= 4 is 22.6 Å². The predicted molar refractivity (Wildman–Crippen MR) is 111 cm³/mol. The zero-order valence-electron chi connectivity index (χ0n) is 17.2. The zero-order valence-corrected chi connectivity index (χ0v) is 17.2. The average Bonchev–Trinajstić information content (AvgIpc) is 2.99. The molecule has 0 unspecified atom stereocenters. The lowest BCUT2D eigenvalue weighted by Crippen LogP contribution is -2.45. The largest absolute Gasteiger partial charge is 0.326 e. The summed E-state index contributed by atoms with van der Waals surface area (Å²) in [6, 6.07) is 6.42. The SMILES string of the molecule is CCCC(=O)Nc1ccc2c(c1)nc(CN1CCN(CC)CC1)n2C(C)C. The first-order valence-electron chi connectivity index (χ1n) is 10.3. The third kappa shape index (κ3) is 4.68. The second kappa shape index (κ2) is 8.85. The maximum Gasteiger partial charge on any atom is 0.224 e. The number of benzene rings is 1. The molecule has 0 spiro atoms. The second-order valence-electron chi connectivity index (χ2n) is 7.70. The second-order valence-corrected chi connectivity index (χ2v) is 7.70. The van der Waals surface area contributed by atoms with E-state index in [4.69, 9.17) is 4.98 Å². The summed E-state index contributed by atoms with van der Waals surface area (Å²) in [5, 5.41) is 2.98. The van der Waals surface area contributed by atoms with Crippen molar-refractivity contribution in [2.45, 2.75) is 53.1 Å². The number of hydrogen-bond acceptors (Lipinski definition) is 4. The van der Waals surface area contributed by atoms with Crippen molar-refractivity contribution in [3.8, 4) is 0 Å². The fourth-order valence-electron chi connectivity index (χ4n) is 3.83. The van der Waals surface area contributed by atoms with Crippen molar-refractivity contribution in [1.82, 2.24) is 19.4 Å². The zero-order chi connectivity index (χ0) is 19.4. The Kier molecular flexibility index (Phi) is 6.50. The van der Waals surface area contributed by atoms with Gasteiger partial charge >= 0.3 is 0 Å². The van der Waals surface area contributed by atoms with E-state index in [1.165, 1.54) is 0 Å². The van der Waals surface area contributed by atoms with Gasteiger partial charge in [-0.2, -0.15) is 0 Å². The summed E-state index contributed by atoms with van der Waals surface area (Å²) in [6.45, 7) is 15.1. The van der Waals surface area contributed by atoms with E-state index in [-0.39, 0.29) is 5.91 Å². The number of piperazine rings is 1. The molecule has 2 heterocycles. The molecular weight excluding hydrogens is 338 g/mol. The van der Waals surface area contributed by atoms with Gasteiger partial charge in [-0.1, -0.05) is 13.8 Å². The molecule has 148 valence electrons. The summed E-state index contributed by atoms with van der Waals surface area (Å²) >= 11 is 0. The highest BCUT2D eigenvalue weighted by atomic mass is 16.1. The molecule has 1 amide bonds. The van der Waals surface area contributed by atoms with Gasteiger partial charge in [-0.3, -0.25) is 9.69 Å². The van der Waals surface area contributed by atoms with Gasteiger partial charge in [0.15, 0.2) is 0 Å². The Labute approximate surface area is 162 Å². The van der Waals surface area contributed by atoms with Gasteiger partial charge in [0, 0.05) is 44.3 Å². The van der Waals surface area contributed by atoms with Crippen molar-refractivity contribution in [3.63, 3.8) is 0 Å². The molecule has 6 heteroatoms. The van der Waals surface area contributed by atoms with Crippen LogP contribution in [-0.4, -0.2) is 58.0 Å². The molecule has 1 saturated heterocycles. The predicted octanol–water partition coefficient (Wildman–Crippen LogP) is 3.49. The third-order valence-corrected chi connectivity index (χ3v) is 5.32. The monoisotopic (exact) mass is 371 g/mol. The van der Waals surface area contributed by atoms with Crippen LogP contribution >= 0.6 is 0 Å². The maximum atomic E-state index is 11.9. The number of likely N-dealkylation sites (N-methyl/N-ethyl adjacent to an activating group) is 1. The first-order chi connectivity index (χ1) is 13.0. The fraction of sp³-hybridized carbons (Fsp3) is 0.619. The summed E-state index contributed by atoms with van der Waals surface area (Å²) in [7, 11) is 0. The molecule has 1 aliphatic heterocycles. The number of carbonyl (C=O) groups excluding carboxylic acids is 1. The number of anilines is 1. The number of hydrogen-bond donors (Lipinski definition) is 1. The average molecular weight is 372 g/mol. The first-order valence-corrected chi connectivity index (χ1v) is 10.3. The van der Waals surface area contributed by atoms with Gasteiger partial charge in [-0.25, -0.2) is 4.98 Å². The molecule has 0 saturated carbocycles. The Morgan fingerprint density at radius 2 is 1.85 bits per heavy atom. The van der Waals surface area contributed by atoms with Crippen LogP contribution in [0, 0.1) is 0 Å². The maximum absolute atomic E-state index is 11.9. The van der Waals surface area contributed by atoms with Crippen molar-refractivity contribution in [2.24, 2.45) is 0 Å². The number of rotatable bonds is 7. The van der Waals surface area contributed by atoms with E-state index in [0.717, 1.165) is 68.2 Å². The van der Waals surface area contributed by atoms with E-state index in [9.17, 15) is 4.79 Å². The molecule has 3 rings (SSSR count). The molecule has 1 fully saturated rings. The van der Waals surface area contributed by atoms with Crippen molar-refractivity contribution in [2.75, 3.05) is 38.0 Å². The molecule has 1 aliphatic rings. The van der Waals surface area contributed by atoms with Crippen LogP contribution in [0.4, 0.5) is 5.69 Å². The van der Waals surface area contributed by atoms with Crippen LogP contribution in [-0.2, 0) is 11.3 Å². The molecule has 0 atom stereocenters. The Balaban J connectivity index is 1.81. The Bertz CT molecular complexity index is 774. The van der Waals surface area contributed by atoms with Crippen LogP contribution < -0.4 is 5.32 Å². The first kappa shape index (κ1) is 19.8. The number of imidazole rings is 1. The van der Waals surface area contributed by atoms with Gasteiger partial charge in [-0.05, 0) is 45.0 Å². The van der Waals surface area contributed by atoms with Crippen LogP contribution in [0.15, 0.2) is 18.2 Å². The molecule has 0 bridgehead atoms. The van der Waals surface area contributed by atoms with Crippen molar-refractivity contribution in [3.05, 3.63) is 24.0 Å². The molecule has 6 nitrogen and oxygen atoms in total. The van der Waals surface area contributed by atoms with E-state index in [0.29, 0.717) is 12.5 Å². The number of aromatic nitrogens is 2. The topological polar surface area (TPSA) is 53.4 Å². The molecule has 0 radical (unpaired) electrons. The summed E-state index contributed by atoms with van der Waals surface area (Å²) in [5.41, 5.74) is 2.93. The lowest BCUT2D eigenvalue weighted by molar-refractivity contribution is -0.116. The van der Waals surface area contributed by atoms with E-state index < -0.39 is 0 Å². The van der Waals surface area contributed by atoms with Gasteiger partial charge in [-0.15, -0.1) is 0 Å². The van der Waals surface area contributed by atoms with E-state index in [1.807, 2.05) is 19.1 Å². The van der Waals surface area contributed by atoms with E-state index >= 15 is 0 Å². The van der Waals surface area contributed by atoms with Crippen molar-refractivity contribution < 1.29 is 4.79 Å². The van der Waals surface area contributed by atoms with Crippen LogP contribution in [0.2, 0.25) is 0 Å². The molecular formula is C21H33N5O. The van der Waals surface area contributed by atoms with Crippen LogP contribution in [0.25, 0.3) is 11.0 Å². The standard InChI is InChI=1S/C21H33N5O/c1-5-7-21(27)22-17-8-9-19-18(14-17)23-20(26(19)16(3)4)15-25-12-10-24(6-2)11-13-25/h8-9,14,16H,5-7,10-13,15H2,1-4H3,(H,22,27). The van der Waals surface area contributed by atoms with Crippen LogP contribution in [0.5, 0.6) is 0 Å². The smallest absolute Gasteiger partial charge is 0.224 e. The number of fused-ring (bicyclic) bond motifs is 1. The molecule has 27 heavy (non-hydrogen) atoms. The normalized spacial score (nSPS) is 16.3. The van der Waals surface area contributed by atoms with Gasteiger partial charge in [0.2, 0.25) is 5.91 Å². The highest BCUT2D eigenvalue weighted by Crippen LogP contribution is 2.25. The van der Waals surface area contributed by atoms with Gasteiger partial charge in [0.25, 0.3) is 0 Å². The highest BCUT2D eigenvalue weighted by molar-refractivity contribution is 5.93. The number of amides is 1. The number of carbonyl (C=O) groups is 1.